The minimum absolute atomic E-state index is 0.0363. The summed E-state index contributed by atoms with van der Waals surface area (Å²) in [7, 11) is 0. The van der Waals surface area contributed by atoms with Crippen LogP contribution in [0.4, 0.5) is 0 Å². The number of carbonyl (C=O) groups excluding carboxylic acids is 2. The maximum atomic E-state index is 11.9. The van der Waals surface area contributed by atoms with Crippen LogP contribution in [0.15, 0.2) is 0 Å². The molecular formula is C10H18N2O2. The lowest BCUT2D eigenvalue weighted by molar-refractivity contribution is -0.139. The highest BCUT2D eigenvalue weighted by atomic mass is 16.2. The van der Waals surface area contributed by atoms with E-state index in [1.54, 1.807) is 4.90 Å². The smallest absolute Gasteiger partial charge is 0.228 e. The molecule has 0 aliphatic carbocycles. The van der Waals surface area contributed by atoms with Crippen molar-refractivity contribution in [1.82, 2.24) is 10.2 Å². The SMILES string of the molecule is CC(C)(C)C(=O)N1CCNC(=O)CC1. The van der Waals surface area contributed by atoms with Gasteiger partial charge in [0.05, 0.1) is 0 Å². The fourth-order valence-corrected chi connectivity index (χ4v) is 1.44. The van der Waals surface area contributed by atoms with Crippen molar-refractivity contribution in [2.24, 2.45) is 5.41 Å². The number of nitrogens with zero attached hydrogens (tertiary/aromatic N) is 1. The second-order valence-corrected chi connectivity index (χ2v) is 4.64. The molecule has 1 aliphatic heterocycles. The molecule has 0 unspecified atom stereocenters. The molecule has 0 aromatic rings. The van der Waals surface area contributed by atoms with Crippen molar-refractivity contribution in [3.8, 4) is 0 Å². The molecule has 0 atom stereocenters. The summed E-state index contributed by atoms with van der Waals surface area (Å²) in [5.74, 6) is 0.156. The van der Waals surface area contributed by atoms with Crippen molar-refractivity contribution in [2.75, 3.05) is 19.6 Å². The molecule has 0 saturated carbocycles. The van der Waals surface area contributed by atoms with E-state index in [2.05, 4.69) is 5.32 Å². The molecule has 2 amide bonds. The molecule has 1 fully saturated rings. The van der Waals surface area contributed by atoms with Crippen molar-refractivity contribution in [1.29, 1.82) is 0 Å². The standard InChI is InChI=1S/C10H18N2O2/c1-10(2,3)9(14)12-6-4-8(13)11-5-7-12/h4-7H2,1-3H3,(H,11,13). The molecule has 14 heavy (non-hydrogen) atoms. The Bertz CT molecular complexity index is 243. The molecule has 0 spiro atoms. The van der Waals surface area contributed by atoms with Crippen LogP contribution < -0.4 is 5.32 Å². The summed E-state index contributed by atoms with van der Waals surface area (Å²) >= 11 is 0. The van der Waals surface area contributed by atoms with Gasteiger partial charge in [0, 0.05) is 31.5 Å². The number of amides is 2. The zero-order valence-electron chi connectivity index (χ0n) is 9.09. The van der Waals surface area contributed by atoms with Crippen LogP contribution >= 0.6 is 0 Å². The second-order valence-electron chi connectivity index (χ2n) is 4.64. The van der Waals surface area contributed by atoms with Crippen LogP contribution in [-0.4, -0.2) is 36.3 Å². The summed E-state index contributed by atoms with van der Waals surface area (Å²) < 4.78 is 0. The number of carbonyl (C=O) groups is 2. The van der Waals surface area contributed by atoms with Gasteiger partial charge in [0.1, 0.15) is 0 Å². The van der Waals surface area contributed by atoms with Gasteiger partial charge in [0.15, 0.2) is 0 Å². The van der Waals surface area contributed by atoms with E-state index in [4.69, 9.17) is 0 Å². The molecule has 1 rings (SSSR count). The van der Waals surface area contributed by atoms with E-state index in [9.17, 15) is 9.59 Å². The molecule has 0 bridgehead atoms. The van der Waals surface area contributed by atoms with Crippen LogP contribution in [0.1, 0.15) is 27.2 Å². The first-order valence-electron chi connectivity index (χ1n) is 4.97. The topological polar surface area (TPSA) is 49.4 Å². The molecule has 4 nitrogen and oxygen atoms in total. The lowest BCUT2D eigenvalue weighted by Gasteiger charge is -2.27. The molecule has 80 valence electrons. The first-order valence-corrected chi connectivity index (χ1v) is 4.97. The zero-order chi connectivity index (χ0) is 10.8. The van der Waals surface area contributed by atoms with Gasteiger partial charge in [-0.1, -0.05) is 20.8 Å². The normalized spacial score (nSPS) is 18.8. The maximum absolute atomic E-state index is 11.9. The number of nitrogens with one attached hydrogen (secondary N) is 1. The summed E-state index contributed by atoms with van der Waals surface area (Å²) in [5.41, 5.74) is -0.354. The Morgan fingerprint density at radius 2 is 2.00 bits per heavy atom. The van der Waals surface area contributed by atoms with E-state index in [-0.39, 0.29) is 17.2 Å². The van der Waals surface area contributed by atoms with Crippen molar-refractivity contribution in [3.63, 3.8) is 0 Å². The van der Waals surface area contributed by atoms with Gasteiger partial charge in [0.2, 0.25) is 11.8 Å². The lowest BCUT2D eigenvalue weighted by Crippen LogP contribution is -2.41. The van der Waals surface area contributed by atoms with Crippen molar-refractivity contribution >= 4 is 11.8 Å². The van der Waals surface area contributed by atoms with Crippen LogP contribution in [0.5, 0.6) is 0 Å². The maximum Gasteiger partial charge on any atom is 0.228 e. The Hall–Kier alpha value is -1.06. The first kappa shape index (κ1) is 11.0. The van der Waals surface area contributed by atoms with Crippen LogP contribution in [0, 0.1) is 5.41 Å². The average Bonchev–Trinajstić information content (AvgIpc) is 2.27. The average molecular weight is 198 g/mol. The summed E-state index contributed by atoms with van der Waals surface area (Å²) in [6, 6.07) is 0. The summed E-state index contributed by atoms with van der Waals surface area (Å²) in [6.07, 6.45) is 0.418. The van der Waals surface area contributed by atoms with E-state index < -0.39 is 0 Å². The Morgan fingerprint density at radius 1 is 1.36 bits per heavy atom. The van der Waals surface area contributed by atoms with Crippen LogP contribution in [0.3, 0.4) is 0 Å². The minimum atomic E-state index is -0.354. The predicted octanol–water partition coefficient (Wildman–Crippen LogP) is 0.381. The van der Waals surface area contributed by atoms with Crippen LogP contribution in [0.2, 0.25) is 0 Å². The molecule has 0 aromatic carbocycles. The van der Waals surface area contributed by atoms with Gasteiger partial charge in [-0.2, -0.15) is 0 Å². The monoisotopic (exact) mass is 198 g/mol. The molecular weight excluding hydrogens is 180 g/mol. The molecule has 4 heteroatoms. The van der Waals surface area contributed by atoms with E-state index in [1.807, 2.05) is 20.8 Å². The lowest BCUT2D eigenvalue weighted by atomic mass is 9.94. The fourth-order valence-electron chi connectivity index (χ4n) is 1.44. The minimum Gasteiger partial charge on any atom is -0.354 e. The van der Waals surface area contributed by atoms with Crippen molar-refractivity contribution in [3.05, 3.63) is 0 Å². The van der Waals surface area contributed by atoms with Gasteiger partial charge in [-0.05, 0) is 0 Å². The molecule has 1 heterocycles. The van der Waals surface area contributed by atoms with Gasteiger partial charge < -0.3 is 10.2 Å². The summed E-state index contributed by atoms with van der Waals surface area (Å²) in [4.78, 5) is 24.7. The summed E-state index contributed by atoms with van der Waals surface area (Å²) in [5, 5.41) is 2.75. The Morgan fingerprint density at radius 3 is 2.57 bits per heavy atom. The van der Waals surface area contributed by atoms with Crippen molar-refractivity contribution in [2.45, 2.75) is 27.2 Å². The molecule has 1 N–H and O–H groups in total. The number of hydrogen-bond acceptors (Lipinski definition) is 2. The largest absolute Gasteiger partial charge is 0.354 e. The Balaban J connectivity index is 2.60. The van der Waals surface area contributed by atoms with Crippen LogP contribution in [-0.2, 0) is 9.59 Å². The molecule has 0 aromatic heterocycles. The molecule has 1 aliphatic rings. The first-order chi connectivity index (χ1) is 6.41. The molecule has 1 saturated heterocycles. The number of rotatable bonds is 0. The van der Waals surface area contributed by atoms with Gasteiger partial charge >= 0.3 is 0 Å². The highest BCUT2D eigenvalue weighted by Crippen LogP contribution is 2.17. The quantitative estimate of drug-likeness (QED) is 0.612. The van der Waals surface area contributed by atoms with E-state index in [0.29, 0.717) is 26.1 Å². The van der Waals surface area contributed by atoms with Gasteiger partial charge in [-0.3, -0.25) is 9.59 Å². The highest BCUT2D eigenvalue weighted by Gasteiger charge is 2.28. The van der Waals surface area contributed by atoms with E-state index >= 15 is 0 Å². The highest BCUT2D eigenvalue weighted by molar-refractivity contribution is 5.83. The second kappa shape index (κ2) is 3.98. The third-order valence-electron chi connectivity index (χ3n) is 2.24. The Kier molecular flexibility index (Phi) is 3.13. The van der Waals surface area contributed by atoms with Crippen molar-refractivity contribution < 1.29 is 9.59 Å². The van der Waals surface area contributed by atoms with Gasteiger partial charge in [0.25, 0.3) is 0 Å². The molecule has 0 radical (unpaired) electrons. The number of hydrogen-bond donors (Lipinski definition) is 1. The summed E-state index contributed by atoms with van der Waals surface area (Å²) in [6.45, 7) is 7.44. The van der Waals surface area contributed by atoms with E-state index in [0.717, 1.165) is 0 Å². The third kappa shape index (κ3) is 2.72. The van der Waals surface area contributed by atoms with Gasteiger partial charge in [-0.25, -0.2) is 0 Å². The fraction of sp³-hybridized carbons (Fsp3) is 0.800. The van der Waals surface area contributed by atoms with E-state index in [1.165, 1.54) is 0 Å². The zero-order valence-corrected chi connectivity index (χ0v) is 9.09. The Labute approximate surface area is 84.7 Å². The van der Waals surface area contributed by atoms with Crippen LogP contribution in [0.25, 0.3) is 0 Å². The van der Waals surface area contributed by atoms with Gasteiger partial charge in [-0.15, -0.1) is 0 Å². The predicted molar refractivity (Wildman–Crippen MR) is 53.7 cm³/mol. The third-order valence-corrected chi connectivity index (χ3v) is 2.24.